The van der Waals surface area contributed by atoms with E-state index in [1.807, 2.05) is 19.1 Å². The highest BCUT2D eigenvalue weighted by Crippen LogP contribution is 2.24. The molecule has 0 aliphatic rings. The lowest BCUT2D eigenvalue weighted by atomic mass is 10.2. The van der Waals surface area contributed by atoms with Gasteiger partial charge in [-0.25, -0.2) is 8.78 Å². The second kappa shape index (κ2) is 8.45. The molecule has 108 valence electrons. The summed E-state index contributed by atoms with van der Waals surface area (Å²) < 4.78 is 25.9. The van der Waals surface area contributed by atoms with Gasteiger partial charge in [0.2, 0.25) is 0 Å². The van der Waals surface area contributed by atoms with E-state index < -0.39 is 6.43 Å². The molecule has 0 spiro atoms. The molecule has 0 heterocycles. The summed E-state index contributed by atoms with van der Waals surface area (Å²) in [6, 6.07) is 5.51. The van der Waals surface area contributed by atoms with Crippen LogP contribution in [0.3, 0.4) is 0 Å². The number of aliphatic hydroxyl groups is 1. The van der Waals surface area contributed by atoms with Crippen LogP contribution in [-0.2, 0) is 6.54 Å². The van der Waals surface area contributed by atoms with Crippen LogP contribution in [-0.4, -0.2) is 37.8 Å². The van der Waals surface area contributed by atoms with Crippen molar-refractivity contribution in [2.45, 2.75) is 19.9 Å². The summed E-state index contributed by atoms with van der Waals surface area (Å²) in [7, 11) is 0. The van der Waals surface area contributed by atoms with Crippen LogP contribution in [0, 0.1) is 0 Å². The maximum Gasteiger partial charge on any atom is 0.255 e. The first-order chi connectivity index (χ1) is 9.08. The number of rotatable bonds is 8. The zero-order valence-corrected chi connectivity index (χ0v) is 12.5. The molecule has 0 saturated carbocycles. The molecule has 0 aromatic heterocycles. The lowest BCUT2D eigenvalue weighted by Crippen LogP contribution is -2.31. The van der Waals surface area contributed by atoms with Crippen molar-refractivity contribution in [3.63, 3.8) is 0 Å². The number of hydrogen-bond donors (Lipinski definition) is 2. The Bertz CT molecular complexity index is 391. The third kappa shape index (κ3) is 5.42. The highest BCUT2D eigenvalue weighted by molar-refractivity contribution is 9.10. The van der Waals surface area contributed by atoms with E-state index >= 15 is 0 Å². The molecule has 1 rings (SSSR count). The molecular weight excluding hydrogens is 318 g/mol. The molecule has 1 aromatic rings. The zero-order chi connectivity index (χ0) is 14.3. The van der Waals surface area contributed by atoms with Crippen molar-refractivity contribution in [2.75, 3.05) is 31.1 Å². The van der Waals surface area contributed by atoms with Crippen molar-refractivity contribution >= 4 is 21.6 Å². The van der Waals surface area contributed by atoms with Crippen LogP contribution in [0.5, 0.6) is 0 Å². The molecule has 0 fully saturated rings. The van der Waals surface area contributed by atoms with Gasteiger partial charge in [-0.3, -0.25) is 0 Å². The predicted octanol–water partition coefficient (Wildman–Crippen LogP) is 2.62. The third-order valence-electron chi connectivity index (χ3n) is 2.70. The van der Waals surface area contributed by atoms with Crippen LogP contribution in [0.25, 0.3) is 0 Å². The van der Waals surface area contributed by atoms with Crippen LogP contribution < -0.4 is 10.2 Å². The fourth-order valence-electron chi connectivity index (χ4n) is 1.75. The van der Waals surface area contributed by atoms with Gasteiger partial charge in [0.1, 0.15) is 0 Å². The Hall–Kier alpha value is -0.720. The molecule has 0 unspecified atom stereocenters. The van der Waals surface area contributed by atoms with Gasteiger partial charge in [-0.05, 0) is 24.2 Å². The van der Waals surface area contributed by atoms with Crippen molar-refractivity contribution < 1.29 is 13.9 Å². The highest BCUT2D eigenvalue weighted by Gasteiger charge is 2.13. The molecule has 0 radical (unpaired) electrons. The Morgan fingerprint density at radius 3 is 2.68 bits per heavy atom. The second-order valence-electron chi connectivity index (χ2n) is 4.12. The summed E-state index contributed by atoms with van der Waals surface area (Å²) in [5, 5.41) is 12.2. The van der Waals surface area contributed by atoms with Crippen molar-refractivity contribution in [3.05, 3.63) is 28.2 Å². The standard InChI is InChI=1S/C13H19BrF2N2O/c1-2-17-8-10-3-4-11(7-12(10)14)18(5-6-19)9-13(15)16/h3-4,7,13,17,19H,2,5-6,8-9H2,1H3. The average Bonchev–Trinajstić information content (AvgIpc) is 2.36. The van der Waals surface area contributed by atoms with Crippen LogP contribution >= 0.6 is 15.9 Å². The van der Waals surface area contributed by atoms with E-state index in [1.54, 1.807) is 6.07 Å². The Morgan fingerprint density at radius 2 is 2.16 bits per heavy atom. The van der Waals surface area contributed by atoms with E-state index in [1.165, 1.54) is 4.90 Å². The van der Waals surface area contributed by atoms with Gasteiger partial charge in [0.15, 0.2) is 0 Å². The number of nitrogens with zero attached hydrogens (tertiary/aromatic N) is 1. The van der Waals surface area contributed by atoms with E-state index in [0.717, 1.165) is 23.1 Å². The Morgan fingerprint density at radius 1 is 1.42 bits per heavy atom. The Labute approximate surface area is 120 Å². The molecule has 0 bridgehead atoms. The van der Waals surface area contributed by atoms with E-state index in [4.69, 9.17) is 5.11 Å². The van der Waals surface area contributed by atoms with Gasteiger partial charge in [0.05, 0.1) is 13.2 Å². The van der Waals surface area contributed by atoms with E-state index in [0.29, 0.717) is 5.69 Å². The number of benzene rings is 1. The first-order valence-electron chi connectivity index (χ1n) is 6.21. The van der Waals surface area contributed by atoms with Gasteiger partial charge in [-0.2, -0.15) is 0 Å². The number of halogens is 3. The molecule has 0 atom stereocenters. The SMILES string of the molecule is CCNCc1ccc(N(CCO)CC(F)F)cc1Br. The normalized spacial score (nSPS) is 11.1. The largest absolute Gasteiger partial charge is 0.395 e. The quantitative estimate of drug-likeness (QED) is 0.766. The minimum Gasteiger partial charge on any atom is -0.395 e. The van der Waals surface area contributed by atoms with Crippen LogP contribution in [0.2, 0.25) is 0 Å². The first kappa shape index (κ1) is 16.3. The number of aliphatic hydroxyl groups excluding tert-OH is 1. The predicted molar refractivity (Wildman–Crippen MR) is 76.8 cm³/mol. The Balaban J connectivity index is 2.83. The molecule has 0 amide bonds. The number of hydrogen-bond acceptors (Lipinski definition) is 3. The third-order valence-corrected chi connectivity index (χ3v) is 3.43. The Kier molecular flexibility index (Phi) is 7.27. The lowest BCUT2D eigenvalue weighted by Gasteiger charge is -2.24. The topological polar surface area (TPSA) is 35.5 Å². The van der Waals surface area contributed by atoms with Crippen molar-refractivity contribution in [2.24, 2.45) is 0 Å². The van der Waals surface area contributed by atoms with Crippen LogP contribution in [0.15, 0.2) is 22.7 Å². The van der Waals surface area contributed by atoms with Crippen molar-refractivity contribution in [1.29, 1.82) is 0 Å². The monoisotopic (exact) mass is 336 g/mol. The maximum atomic E-state index is 12.5. The van der Waals surface area contributed by atoms with Gasteiger partial charge in [-0.15, -0.1) is 0 Å². The van der Waals surface area contributed by atoms with Crippen LogP contribution in [0.1, 0.15) is 12.5 Å². The summed E-state index contributed by atoms with van der Waals surface area (Å²) >= 11 is 3.45. The smallest absolute Gasteiger partial charge is 0.255 e. The van der Waals surface area contributed by atoms with E-state index in [2.05, 4.69) is 21.2 Å². The first-order valence-corrected chi connectivity index (χ1v) is 7.00. The molecule has 1 aromatic carbocycles. The minimum atomic E-state index is -2.42. The van der Waals surface area contributed by atoms with Gasteiger partial charge in [-0.1, -0.05) is 28.9 Å². The number of anilines is 1. The average molecular weight is 337 g/mol. The summed E-state index contributed by atoms with van der Waals surface area (Å²) in [5.41, 5.74) is 1.76. The highest BCUT2D eigenvalue weighted by atomic mass is 79.9. The fourth-order valence-corrected chi connectivity index (χ4v) is 2.26. The summed E-state index contributed by atoms with van der Waals surface area (Å²) in [4.78, 5) is 1.48. The second-order valence-corrected chi connectivity index (χ2v) is 4.97. The van der Waals surface area contributed by atoms with Crippen molar-refractivity contribution in [3.8, 4) is 0 Å². The van der Waals surface area contributed by atoms with Crippen LogP contribution in [0.4, 0.5) is 14.5 Å². The minimum absolute atomic E-state index is 0.149. The number of nitrogens with one attached hydrogen (secondary N) is 1. The molecular formula is C13H19BrF2N2O. The lowest BCUT2D eigenvalue weighted by molar-refractivity contribution is 0.153. The molecule has 0 aliphatic carbocycles. The molecule has 19 heavy (non-hydrogen) atoms. The maximum absolute atomic E-state index is 12.5. The van der Waals surface area contributed by atoms with Gasteiger partial charge in [0, 0.05) is 23.2 Å². The van der Waals surface area contributed by atoms with E-state index in [9.17, 15) is 8.78 Å². The zero-order valence-electron chi connectivity index (χ0n) is 10.9. The molecule has 6 heteroatoms. The fraction of sp³-hybridized carbons (Fsp3) is 0.538. The number of alkyl halides is 2. The summed E-state index contributed by atoms with van der Waals surface area (Å²) in [6.07, 6.45) is -2.42. The van der Waals surface area contributed by atoms with Gasteiger partial charge in [0.25, 0.3) is 6.43 Å². The molecule has 3 nitrogen and oxygen atoms in total. The summed E-state index contributed by atoms with van der Waals surface area (Å²) in [6.45, 7) is 3.29. The van der Waals surface area contributed by atoms with Gasteiger partial charge < -0.3 is 15.3 Å². The van der Waals surface area contributed by atoms with E-state index in [-0.39, 0.29) is 19.7 Å². The van der Waals surface area contributed by atoms with Gasteiger partial charge >= 0.3 is 0 Å². The molecule has 0 saturated heterocycles. The molecule has 0 aliphatic heterocycles. The molecule has 2 N–H and O–H groups in total. The van der Waals surface area contributed by atoms with Crippen molar-refractivity contribution in [1.82, 2.24) is 5.32 Å². The summed E-state index contributed by atoms with van der Waals surface area (Å²) in [5.74, 6) is 0.